The van der Waals surface area contributed by atoms with Crippen molar-refractivity contribution in [1.82, 2.24) is 9.55 Å². The van der Waals surface area contributed by atoms with Crippen molar-refractivity contribution < 1.29 is 31.8 Å². The number of anilines is 1. The third-order valence-corrected chi connectivity index (χ3v) is 7.16. The number of aromatic nitrogens is 2. The number of carbonyl (C=O) groups is 1. The molecule has 1 aromatic heterocycles. The van der Waals surface area contributed by atoms with Gasteiger partial charge in [0.2, 0.25) is 16.0 Å². The molecule has 0 N–H and O–H groups in total. The van der Waals surface area contributed by atoms with Crippen molar-refractivity contribution >= 4 is 28.0 Å². The second-order valence-corrected chi connectivity index (χ2v) is 13.5. The van der Waals surface area contributed by atoms with Crippen LogP contribution in [0.15, 0.2) is 30.3 Å². The Morgan fingerprint density at radius 3 is 2.41 bits per heavy atom. The van der Waals surface area contributed by atoms with E-state index in [9.17, 15) is 17.6 Å². The monoisotopic (exact) mass is 565 g/mol. The lowest BCUT2D eigenvalue weighted by atomic mass is 10.0. The first-order chi connectivity index (χ1) is 17.9. The molecule has 39 heavy (non-hydrogen) atoms. The number of benzene rings is 1. The van der Waals surface area contributed by atoms with Gasteiger partial charge in [-0.3, -0.25) is 4.79 Å². The Bertz CT molecular complexity index is 1310. The van der Waals surface area contributed by atoms with Crippen molar-refractivity contribution in [1.29, 1.82) is 0 Å². The van der Waals surface area contributed by atoms with E-state index in [1.54, 1.807) is 26.0 Å². The van der Waals surface area contributed by atoms with Crippen LogP contribution in [-0.4, -0.2) is 60.8 Å². The first-order valence-corrected chi connectivity index (χ1v) is 14.8. The van der Waals surface area contributed by atoms with Crippen molar-refractivity contribution in [3.8, 4) is 11.3 Å². The predicted octanol–water partition coefficient (Wildman–Crippen LogP) is 5.32. The summed E-state index contributed by atoms with van der Waals surface area (Å²) >= 11 is 0. The van der Waals surface area contributed by atoms with Crippen molar-refractivity contribution in [2.45, 2.75) is 90.9 Å². The summed E-state index contributed by atoms with van der Waals surface area (Å²) in [6, 6.07) is 5.73. The van der Waals surface area contributed by atoms with Gasteiger partial charge in [0, 0.05) is 25.1 Å². The minimum absolute atomic E-state index is 0.0858. The SMILES string of the molecule is CC(C)n1c(N(C)S(C)(=O)=O)nc(-c2ccc(F)cc2)c1C=C[C@@H]1C[C@H](CC(=O)OC(C)(C)C)OC(C)(C)O1. The maximum absolute atomic E-state index is 13.7. The number of hydrogen-bond acceptors (Lipinski definition) is 7. The van der Waals surface area contributed by atoms with Crippen LogP contribution >= 0.6 is 0 Å². The highest BCUT2D eigenvalue weighted by atomic mass is 32.2. The highest BCUT2D eigenvalue weighted by Crippen LogP contribution is 2.35. The van der Waals surface area contributed by atoms with Gasteiger partial charge in [-0.25, -0.2) is 22.1 Å². The minimum Gasteiger partial charge on any atom is -0.460 e. The molecule has 216 valence electrons. The fourth-order valence-electron chi connectivity index (χ4n) is 4.45. The zero-order valence-electron chi connectivity index (χ0n) is 24.2. The smallest absolute Gasteiger partial charge is 0.308 e. The van der Waals surface area contributed by atoms with Crippen LogP contribution in [0.3, 0.4) is 0 Å². The van der Waals surface area contributed by atoms with Crippen LogP contribution < -0.4 is 4.31 Å². The van der Waals surface area contributed by atoms with Crippen molar-refractivity contribution in [3.05, 3.63) is 41.9 Å². The van der Waals surface area contributed by atoms with Crippen LogP contribution in [-0.2, 0) is 29.0 Å². The fourth-order valence-corrected chi connectivity index (χ4v) is 4.88. The Labute approximate surface area is 231 Å². The molecule has 0 unspecified atom stereocenters. The number of hydrogen-bond donors (Lipinski definition) is 0. The number of ether oxygens (including phenoxy) is 3. The highest BCUT2D eigenvalue weighted by Gasteiger charge is 2.36. The number of carbonyl (C=O) groups excluding carboxylic acids is 1. The van der Waals surface area contributed by atoms with Crippen LogP contribution in [0.25, 0.3) is 17.3 Å². The molecule has 1 aliphatic heterocycles. The Kier molecular flexibility index (Phi) is 8.98. The minimum atomic E-state index is -3.61. The number of rotatable bonds is 8. The normalized spacial score (nSPS) is 20.0. The number of sulfonamides is 1. The third-order valence-electron chi connectivity index (χ3n) is 6.01. The molecule has 2 atom stereocenters. The van der Waals surface area contributed by atoms with Gasteiger partial charge in [-0.15, -0.1) is 0 Å². The van der Waals surface area contributed by atoms with E-state index >= 15 is 0 Å². The first-order valence-electron chi connectivity index (χ1n) is 12.9. The third kappa shape index (κ3) is 8.12. The summed E-state index contributed by atoms with van der Waals surface area (Å²) in [4.78, 5) is 17.2. The lowest BCUT2D eigenvalue weighted by Crippen LogP contribution is -2.45. The molecule has 1 aromatic carbocycles. The van der Waals surface area contributed by atoms with E-state index in [4.69, 9.17) is 14.2 Å². The fraction of sp³-hybridized carbons (Fsp3) is 0.571. The molecule has 1 saturated heterocycles. The lowest BCUT2D eigenvalue weighted by molar-refractivity contribution is -0.290. The molecule has 0 saturated carbocycles. The Hall–Kier alpha value is -2.76. The van der Waals surface area contributed by atoms with Gasteiger partial charge in [-0.1, -0.05) is 6.08 Å². The van der Waals surface area contributed by atoms with E-state index in [0.717, 1.165) is 10.6 Å². The predicted molar refractivity (Wildman–Crippen MR) is 149 cm³/mol. The molecule has 11 heteroatoms. The zero-order valence-corrected chi connectivity index (χ0v) is 25.0. The Balaban J connectivity index is 2.02. The van der Waals surface area contributed by atoms with Crippen molar-refractivity contribution in [2.75, 3.05) is 17.6 Å². The van der Waals surface area contributed by atoms with Crippen LogP contribution in [0.1, 0.15) is 73.0 Å². The molecule has 2 heterocycles. The standard InChI is InChI=1S/C28H40FN3O6S/c1-18(2)32-23(25(19-10-12-20(29)13-11-19)30-26(32)31(8)39(9,34)35)15-14-21-16-22(37-28(6,7)36-21)17-24(33)38-27(3,4)5/h10-15,18,21-22H,16-17H2,1-9H3/t21-,22-/m1/s1. The molecule has 0 aliphatic carbocycles. The number of nitrogens with zero attached hydrogens (tertiary/aromatic N) is 3. The summed E-state index contributed by atoms with van der Waals surface area (Å²) < 4.78 is 59.1. The number of halogens is 1. The molecule has 0 spiro atoms. The molecule has 0 bridgehead atoms. The molecule has 0 radical (unpaired) electrons. The van der Waals surface area contributed by atoms with Crippen molar-refractivity contribution in [2.24, 2.45) is 0 Å². The summed E-state index contributed by atoms with van der Waals surface area (Å²) in [5.74, 6) is -1.44. The largest absolute Gasteiger partial charge is 0.460 e. The van der Waals surface area contributed by atoms with Gasteiger partial charge >= 0.3 is 5.97 Å². The molecule has 2 aromatic rings. The summed E-state index contributed by atoms with van der Waals surface area (Å²) in [5, 5.41) is 0. The summed E-state index contributed by atoms with van der Waals surface area (Å²) in [7, 11) is -2.16. The van der Waals surface area contributed by atoms with Crippen LogP contribution in [0, 0.1) is 5.82 Å². The average molecular weight is 566 g/mol. The lowest BCUT2D eigenvalue weighted by Gasteiger charge is -2.39. The maximum atomic E-state index is 13.7. The van der Waals surface area contributed by atoms with Gasteiger partial charge in [-0.2, -0.15) is 0 Å². The Morgan fingerprint density at radius 1 is 1.26 bits per heavy atom. The van der Waals surface area contributed by atoms with Crippen LogP contribution in [0.4, 0.5) is 10.3 Å². The van der Waals surface area contributed by atoms with E-state index in [1.807, 2.05) is 51.3 Å². The number of esters is 1. The first kappa shape index (κ1) is 30.8. The molecule has 0 amide bonds. The molecule has 1 aliphatic rings. The van der Waals surface area contributed by atoms with Gasteiger partial charge in [-0.05, 0) is 78.8 Å². The Morgan fingerprint density at radius 2 is 1.87 bits per heavy atom. The van der Waals surface area contributed by atoms with Crippen molar-refractivity contribution in [3.63, 3.8) is 0 Å². The summed E-state index contributed by atoms with van der Waals surface area (Å²) in [6.07, 6.45) is 4.48. The second-order valence-electron chi connectivity index (χ2n) is 11.5. The maximum Gasteiger partial charge on any atom is 0.308 e. The van der Waals surface area contributed by atoms with Crippen LogP contribution in [0.2, 0.25) is 0 Å². The second kappa shape index (κ2) is 11.4. The van der Waals surface area contributed by atoms with Gasteiger partial charge in [0.15, 0.2) is 5.79 Å². The average Bonchev–Trinajstić information content (AvgIpc) is 3.14. The molecule has 1 fully saturated rings. The van der Waals surface area contributed by atoms with Gasteiger partial charge in [0.25, 0.3) is 0 Å². The van der Waals surface area contributed by atoms with E-state index < -0.39 is 33.6 Å². The summed E-state index contributed by atoms with van der Waals surface area (Å²) in [6.45, 7) is 12.9. The summed E-state index contributed by atoms with van der Waals surface area (Å²) in [5.41, 5.74) is 1.18. The zero-order chi connectivity index (χ0) is 29.3. The number of imidazole rings is 1. The highest BCUT2D eigenvalue weighted by molar-refractivity contribution is 7.92. The van der Waals surface area contributed by atoms with Gasteiger partial charge < -0.3 is 18.8 Å². The van der Waals surface area contributed by atoms with E-state index in [0.29, 0.717) is 23.4 Å². The van der Waals surface area contributed by atoms with E-state index in [-0.39, 0.29) is 30.2 Å². The van der Waals surface area contributed by atoms with Crippen LogP contribution in [0.5, 0.6) is 0 Å². The topological polar surface area (TPSA) is 100.0 Å². The molecular weight excluding hydrogens is 525 g/mol. The molecular formula is C28H40FN3O6S. The van der Waals surface area contributed by atoms with E-state index in [2.05, 4.69) is 4.98 Å². The molecule has 9 nitrogen and oxygen atoms in total. The van der Waals surface area contributed by atoms with Gasteiger partial charge in [0.1, 0.15) is 11.4 Å². The van der Waals surface area contributed by atoms with Gasteiger partial charge in [0.05, 0.1) is 36.3 Å². The van der Waals surface area contributed by atoms with E-state index in [1.165, 1.54) is 19.2 Å². The molecule has 3 rings (SSSR count). The quantitative estimate of drug-likeness (QED) is 0.399.